The van der Waals surface area contributed by atoms with E-state index < -0.39 is 11.9 Å². The molecule has 0 saturated carbocycles. The molecule has 0 bridgehead atoms. The minimum atomic E-state index is -0.448. The van der Waals surface area contributed by atoms with Gasteiger partial charge in [-0.2, -0.15) is 0 Å². The van der Waals surface area contributed by atoms with Gasteiger partial charge in [0, 0.05) is 26.2 Å². The van der Waals surface area contributed by atoms with Gasteiger partial charge in [-0.25, -0.2) is 19.6 Å². The molecule has 0 aliphatic carbocycles. The number of amides is 1. The molecule has 0 aromatic carbocycles. The van der Waals surface area contributed by atoms with Gasteiger partial charge in [0.05, 0.1) is 25.7 Å². The summed E-state index contributed by atoms with van der Waals surface area (Å²) in [6.07, 6.45) is -0.411. The Labute approximate surface area is 184 Å². The molecular weight excluding hydrogens is 424 g/mol. The number of hydrogen-bond acceptors (Lipinski definition) is 10. The van der Waals surface area contributed by atoms with Crippen molar-refractivity contribution in [2.75, 3.05) is 51.4 Å². The number of hydrogen-bond donors (Lipinski definition) is 0. The van der Waals surface area contributed by atoms with Gasteiger partial charge >= 0.3 is 18.0 Å². The average Bonchev–Trinajstić information content (AvgIpc) is 3.10. The average molecular weight is 451 g/mol. The van der Waals surface area contributed by atoms with Crippen LogP contribution in [0.3, 0.4) is 0 Å². The first-order chi connectivity index (χ1) is 14.9. The van der Waals surface area contributed by atoms with Gasteiger partial charge in [0.2, 0.25) is 0 Å². The van der Waals surface area contributed by atoms with E-state index in [2.05, 4.69) is 9.97 Å². The maximum Gasteiger partial charge on any atom is 0.409 e. The van der Waals surface area contributed by atoms with E-state index in [1.807, 2.05) is 11.8 Å². The third-order valence-electron chi connectivity index (χ3n) is 4.91. The molecule has 1 aliphatic rings. The molecule has 31 heavy (non-hydrogen) atoms. The molecule has 168 valence electrons. The molecule has 10 nitrogen and oxygen atoms in total. The van der Waals surface area contributed by atoms with Gasteiger partial charge in [-0.15, -0.1) is 11.3 Å². The number of anilines is 1. The Bertz CT molecular complexity index is 984. The Morgan fingerprint density at radius 1 is 1.03 bits per heavy atom. The quantitative estimate of drug-likeness (QED) is 0.483. The summed E-state index contributed by atoms with van der Waals surface area (Å²) in [5.41, 5.74) is 0.742. The number of ether oxygens (including phenoxy) is 3. The lowest BCUT2D eigenvalue weighted by molar-refractivity contribution is -0.139. The molecule has 11 heteroatoms. The van der Waals surface area contributed by atoms with Crippen molar-refractivity contribution in [2.45, 2.75) is 27.2 Å². The standard InChI is InChI=1S/C20H26N4O6S/c1-5-29-19(26)16-12(3)15-17(21-13(11-14(25)28-4)22-18(15)31-16)23-7-9-24(10-8-23)20(27)30-6-2/h5-11H2,1-4H3. The van der Waals surface area contributed by atoms with E-state index in [0.717, 1.165) is 10.9 Å². The fourth-order valence-corrected chi connectivity index (χ4v) is 4.46. The van der Waals surface area contributed by atoms with Gasteiger partial charge in [0.1, 0.15) is 27.8 Å². The minimum Gasteiger partial charge on any atom is -0.469 e. The molecule has 0 spiro atoms. The monoisotopic (exact) mass is 450 g/mol. The Morgan fingerprint density at radius 2 is 1.71 bits per heavy atom. The van der Waals surface area contributed by atoms with Gasteiger partial charge in [-0.1, -0.05) is 0 Å². The third-order valence-corrected chi connectivity index (χ3v) is 6.08. The van der Waals surface area contributed by atoms with E-state index in [1.54, 1.807) is 18.7 Å². The second-order valence-electron chi connectivity index (χ2n) is 6.85. The molecule has 1 saturated heterocycles. The zero-order chi connectivity index (χ0) is 22.5. The molecule has 0 N–H and O–H groups in total. The summed E-state index contributed by atoms with van der Waals surface area (Å²) in [5.74, 6) is 0.0995. The molecule has 1 amide bonds. The molecule has 2 aromatic rings. The normalized spacial score (nSPS) is 13.9. The summed E-state index contributed by atoms with van der Waals surface area (Å²) >= 11 is 1.22. The predicted octanol–water partition coefficient (Wildman–Crippen LogP) is 2.17. The molecule has 0 unspecified atom stereocenters. The summed E-state index contributed by atoms with van der Waals surface area (Å²) in [7, 11) is 1.31. The van der Waals surface area contributed by atoms with Crippen molar-refractivity contribution in [3.05, 3.63) is 16.3 Å². The SMILES string of the molecule is CCOC(=O)c1sc2nc(CC(=O)OC)nc(N3CCN(C(=O)OCC)CC3)c2c1C. The summed E-state index contributed by atoms with van der Waals surface area (Å²) in [6, 6.07) is 0. The highest BCUT2D eigenvalue weighted by molar-refractivity contribution is 7.20. The summed E-state index contributed by atoms with van der Waals surface area (Å²) in [6.45, 7) is 7.99. The highest BCUT2D eigenvalue weighted by Gasteiger charge is 2.28. The largest absolute Gasteiger partial charge is 0.469 e. The lowest BCUT2D eigenvalue weighted by Gasteiger charge is -2.35. The lowest BCUT2D eigenvalue weighted by atomic mass is 10.1. The van der Waals surface area contributed by atoms with E-state index in [9.17, 15) is 14.4 Å². The number of carbonyl (C=O) groups is 3. The zero-order valence-corrected chi connectivity index (χ0v) is 18.9. The first kappa shape index (κ1) is 22.7. The molecular formula is C20H26N4O6S. The maximum atomic E-state index is 12.4. The first-order valence-electron chi connectivity index (χ1n) is 10.1. The van der Waals surface area contributed by atoms with Crippen molar-refractivity contribution < 1.29 is 28.6 Å². The summed E-state index contributed by atoms with van der Waals surface area (Å²) in [5, 5.41) is 0.756. The number of fused-ring (bicyclic) bond motifs is 1. The molecule has 1 aliphatic heterocycles. The number of aromatic nitrogens is 2. The molecule has 3 rings (SSSR count). The Kier molecular flexibility index (Phi) is 7.26. The number of carbonyl (C=O) groups excluding carboxylic acids is 3. The zero-order valence-electron chi connectivity index (χ0n) is 18.1. The predicted molar refractivity (Wildman–Crippen MR) is 115 cm³/mol. The van der Waals surface area contributed by atoms with Crippen molar-refractivity contribution in [2.24, 2.45) is 0 Å². The van der Waals surface area contributed by atoms with Crippen LogP contribution in [0.25, 0.3) is 10.2 Å². The number of methoxy groups -OCH3 is 1. The number of piperazine rings is 1. The van der Waals surface area contributed by atoms with Crippen LogP contribution in [0, 0.1) is 6.92 Å². The van der Waals surface area contributed by atoms with Crippen LogP contribution >= 0.6 is 11.3 Å². The number of aryl methyl sites for hydroxylation is 1. The van der Waals surface area contributed by atoms with Crippen LogP contribution in [-0.4, -0.2) is 79.4 Å². The fraction of sp³-hybridized carbons (Fsp3) is 0.550. The third kappa shape index (κ3) is 4.87. The minimum absolute atomic E-state index is 0.0755. The Balaban J connectivity index is 1.98. The number of thiophene rings is 1. The van der Waals surface area contributed by atoms with Crippen LogP contribution in [0.15, 0.2) is 0 Å². The molecule has 0 radical (unpaired) electrons. The van der Waals surface area contributed by atoms with Gasteiger partial charge in [-0.05, 0) is 26.3 Å². The topological polar surface area (TPSA) is 111 Å². The van der Waals surface area contributed by atoms with Crippen LogP contribution in [0.2, 0.25) is 0 Å². The first-order valence-corrected chi connectivity index (χ1v) is 10.9. The van der Waals surface area contributed by atoms with E-state index in [0.29, 0.717) is 54.1 Å². The number of nitrogens with zero attached hydrogens (tertiary/aromatic N) is 4. The lowest BCUT2D eigenvalue weighted by Crippen LogP contribution is -2.49. The highest BCUT2D eigenvalue weighted by atomic mass is 32.1. The van der Waals surface area contributed by atoms with E-state index >= 15 is 0 Å². The number of esters is 2. The van der Waals surface area contributed by atoms with Crippen molar-refractivity contribution in [3.8, 4) is 0 Å². The molecule has 2 aromatic heterocycles. The molecule has 3 heterocycles. The Hall–Kier alpha value is -2.95. The fourth-order valence-electron chi connectivity index (χ4n) is 3.38. The van der Waals surface area contributed by atoms with Crippen molar-refractivity contribution in [1.82, 2.24) is 14.9 Å². The van der Waals surface area contributed by atoms with Crippen LogP contribution in [0.1, 0.15) is 34.9 Å². The summed E-state index contributed by atoms with van der Waals surface area (Å²) < 4.78 is 15.0. The molecule has 0 atom stereocenters. The molecule has 1 fully saturated rings. The Morgan fingerprint density at radius 3 is 2.32 bits per heavy atom. The van der Waals surface area contributed by atoms with Crippen LogP contribution in [0.4, 0.5) is 10.6 Å². The van der Waals surface area contributed by atoms with Gasteiger partial charge < -0.3 is 24.0 Å². The van der Waals surface area contributed by atoms with Crippen molar-refractivity contribution in [3.63, 3.8) is 0 Å². The van der Waals surface area contributed by atoms with Crippen LogP contribution in [0.5, 0.6) is 0 Å². The maximum absolute atomic E-state index is 12.4. The van der Waals surface area contributed by atoms with Crippen LogP contribution < -0.4 is 4.90 Å². The van der Waals surface area contributed by atoms with Crippen LogP contribution in [-0.2, 0) is 25.4 Å². The van der Waals surface area contributed by atoms with Crippen molar-refractivity contribution >= 4 is 45.4 Å². The van der Waals surface area contributed by atoms with E-state index in [-0.39, 0.29) is 19.1 Å². The van der Waals surface area contributed by atoms with E-state index in [1.165, 1.54) is 18.4 Å². The number of rotatable bonds is 6. The summed E-state index contributed by atoms with van der Waals surface area (Å²) in [4.78, 5) is 50.1. The second-order valence-corrected chi connectivity index (χ2v) is 7.85. The van der Waals surface area contributed by atoms with Gasteiger partial charge in [-0.3, -0.25) is 4.79 Å². The second kappa shape index (κ2) is 9.90. The van der Waals surface area contributed by atoms with E-state index in [4.69, 9.17) is 14.2 Å². The van der Waals surface area contributed by atoms with Gasteiger partial charge in [0.15, 0.2) is 0 Å². The smallest absolute Gasteiger partial charge is 0.409 e. The highest BCUT2D eigenvalue weighted by Crippen LogP contribution is 2.36. The van der Waals surface area contributed by atoms with Crippen molar-refractivity contribution in [1.29, 1.82) is 0 Å². The van der Waals surface area contributed by atoms with Gasteiger partial charge in [0.25, 0.3) is 0 Å².